The molecule has 5 aliphatic rings. The van der Waals surface area contributed by atoms with Gasteiger partial charge in [-0.15, -0.1) is 0 Å². The van der Waals surface area contributed by atoms with Crippen LogP contribution in [0.1, 0.15) is 83.6 Å². The first-order valence-corrected chi connectivity index (χ1v) is 14.5. The first kappa shape index (κ1) is 23.5. The summed E-state index contributed by atoms with van der Waals surface area (Å²) in [7, 11) is 0. The molecule has 0 unspecified atom stereocenters. The predicted molar refractivity (Wildman–Crippen MR) is 137 cm³/mol. The second-order valence-electron chi connectivity index (χ2n) is 13.5. The van der Waals surface area contributed by atoms with Gasteiger partial charge in [0.2, 0.25) is 0 Å². The van der Waals surface area contributed by atoms with Gasteiger partial charge in [-0.25, -0.2) is 0 Å². The molecule has 3 nitrogen and oxygen atoms in total. The van der Waals surface area contributed by atoms with Gasteiger partial charge in [0.1, 0.15) is 0 Å². The highest BCUT2D eigenvalue weighted by atomic mass is 16.3. The monoisotopic (exact) mass is 465 g/mol. The van der Waals surface area contributed by atoms with E-state index in [0.29, 0.717) is 17.4 Å². The maximum Gasteiger partial charge on any atom is 0.0698 e. The number of piperidine rings is 1. The number of rotatable bonds is 3. The van der Waals surface area contributed by atoms with E-state index >= 15 is 0 Å². The Morgan fingerprint density at radius 1 is 0.853 bits per heavy atom. The molecule has 1 heterocycles. The molecule has 0 aromatic heterocycles. The van der Waals surface area contributed by atoms with E-state index in [1.165, 1.54) is 63.4 Å². The van der Waals surface area contributed by atoms with Crippen LogP contribution >= 0.6 is 0 Å². The molecule has 3 heteroatoms. The van der Waals surface area contributed by atoms with Crippen molar-refractivity contribution >= 4 is 0 Å². The normalized spacial score (nSPS) is 47.6. The van der Waals surface area contributed by atoms with Gasteiger partial charge in [0, 0.05) is 6.04 Å². The van der Waals surface area contributed by atoms with Crippen molar-refractivity contribution in [3.8, 4) is 0 Å². The zero-order valence-electron chi connectivity index (χ0n) is 21.5. The highest BCUT2D eigenvalue weighted by Crippen LogP contribution is 2.66. The third-order valence-corrected chi connectivity index (χ3v) is 12.1. The van der Waals surface area contributed by atoms with Gasteiger partial charge in [-0.3, -0.25) is 4.90 Å². The van der Waals surface area contributed by atoms with Crippen molar-refractivity contribution in [1.29, 1.82) is 0 Å². The van der Waals surface area contributed by atoms with E-state index in [1.54, 1.807) is 0 Å². The fourth-order valence-electron chi connectivity index (χ4n) is 10.1. The molecule has 0 radical (unpaired) electrons. The van der Waals surface area contributed by atoms with Gasteiger partial charge in [0.25, 0.3) is 0 Å². The van der Waals surface area contributed by atoms with Crippen molar-refractivity contribution < 1.29 is 10.2 Å². The maximum absolute atomic E-state index is 11.3. The molecule has 1 aliphatic heterocycles. The van der Waals surface area contributed by atoms with Crippen LogP contribution in [0.3, 0.4) is 0 Å². The second-order valence-corrected chi connectivity index (χ2v) is 13.5. The van der Waals surface area contributed by atoms with Gasteiger partial charge in [0.15, 0.2) is 0 Å². The summed E-state index contributed by atoms with van der Waals surface area (Å²) in [5, 5.41) is 22.1. The SMILES string of the molecule is C[C@]12C[C@H](N3CCC(Cc4ccccc4)CC3)[C@@H](O)C[C@@H]1CC[C@@H]1[C@@H]2CC[C@]2(C)[C@@H](O)CC[C@@H]12. The molecule has 34 heavy (non-hydrogen) atoms. The molecule has 2 N–H and O–H groups in total. The van der Waals surface area contributed by atoms with Gasteiger partial charge < -0.3 is 10.2 Å². The molecular weight excluding hydrogens is 418 g/mol. The Balaban J connectivity index is 1.14. The van der Waals surface area contributed by atoms with Crippen molar-refractivity contribution in [2.24, 2.45) is 40.4 Å². The molecule has 4 aliphatic carbocycles. The van der Waals surface area contributed by atoms with E-state index in [2.05, 4.69) is 49.1 Å². The summed E-state index contributed by atoms with van der Waals surface area (Å²) in [6.45, 7) is 7.32. The number of aliphatic hydroxyl groups is 2. The Hall–Kier alpha value is -0.900. The average molecular weight is 466 g/mol. The van der Waals surface area contributed by atoms with Crippen LogP contribution in [0.15, 0.2) is 30.3 Å². The number of hydrogen-bond donors (Lipinski definition) is 2. The fourth-order valence-corrected chi connectivity index (χ4v) is 10.1. The smallest absolute Gasteiger partial charge is 0.0698 e. The highest BCUT2D eigenvalue weighted by molar-refractivity contribution is 5.16. The number of aliphatic hydroxyl groups excluding tert-OH is 2. The van der Waals surface area contributed by atoms with E-state index in [4.69, 9.17) is 0 Å². The molecular formula is C31H47NO2. The third kappa shape index (κ3) is 3.80. The summed E-state index contributed by atoms with van der Waals surface area (Å²) < 4.78 is 0. The van der Waals surface area contributed by atoms with Crippen molar-refractivity contribution in [3.05, 3.63) is 35.9 Å². The number of fused-ring (bicyclic) bond motifs is 5. The predicted octanol–water partition coefficient (Wildman–Crippen LogP) is 5.68. The molecule has 0 spiro atoms. The third-order valence-electron chi connectivity index (χ3n) is 12.1. The van der Waals surface area contributed by atoms with Crippen molar-refractivity contribution in [1.82, 2.24) is 4.90 Å². The highest BCUT2D eigenvalue weighted by Gasteiger charge is 2.61. The minimum Gasteiger partial charge on any atom is -0.393 e. The van der Waals surface area contributed by atoms with E-state index < -0.39 is 0 Å². The first-order valence-electron chi connectivity index (χ1n) is 14.5. The lowest BCUT2D eigenvalue weighted by Gasteiger charge is -2.62. The quantitative estimate of drug-likeness (QED) is 0.603. The molecule has 6 rings (SSSR count). The van der Waals surface area contributed by atoms with Gasteiger partial charge >= 0.3 is 0 Å². The lowest BCUT2D eigenvalue weighted by Crippen LogP contribution is -2.60. The van der Waals surface area contributed by atoms with Crippen molar-refractivity contribution in [2.75, 3.05) is 13.1 Å². The molecule has 188 valence electrons. The van der Waals surface area contributed by atoms with Gasteiger partial charge in [0.05, 0.1) is 12.2 Å². The van der Waals surface area contributed by atoms with E-state index in [0.717, 1.165) is 49.6 Å². The summed E-state index contributed by atoms with van der Waals surface area (Å²) in [6.07, 6.45) is 13.1. The van der Waals surface area contributed by atoms with Crippen molar-refractivity contribution in [3.63, 3.8) is 0 Å². The Morgan fingerprint density at radius 2 is 1.59 bits per heavy atom. The lowest BCUT2D eigenvalue weighted by atomic mass is 9.44. The summed E-state index contributed by atoms with van der Waals surface area (Å²) in [6, 6.07) is 11.3. The van der Waals surface area contributed by atoms with Gasteiger partial charge in [-0.2, -0.15) is 0 Å². The van der Waals surface area contributed by atoms with Crippen LogP contribution in [0.2, 0.25) is 0 Å². The molecule has 5 fully saturated rings. The molecule has 1 aromatic rings. The molecule has 9 atom stereocenters. The van der Waals surface area contributed by atoms with E-state index in [1.807, 2.05) is 0 Å². The fraction of sp³-hybridized carbons (Fsp3) is 0.806. The minimum absolute atomic E-state index is 0.0814. The zero-order chi connectivity index (χ0) is 23.5. The van der Waals surface area contributed by atoms with Crippen molar-refractivity contribution in [2.45, 2.75) is 103 Å². The summed E-state index contributed by atoms with van der Waals surface area (Å²) in [4.78, 5) is 2.68. The topological polar surface area (TPSA) is 43.7 Å². The number of nitrogens with zero attached hydrogens (tertiary/aromatic N) is 1. The lowest BCUT2D eigenvalue weighted by molar-refractivity contribution is -0.154. The van der Waals surface area contributed by atoms with E-state index in [9.17, 15) is 10.2 Å². The largest absolute Gasteiger partial charge is 0.393 e. The van der Waals surface area contributed by atoms with Crippen LogP contribution in [0.4, 0.5) is 0 Å². The van der Waals surface area contributed by atoms with Crippen LogP contribution in [-0.4, -0.2) is 46.5 Å². The standard InChI is InChI=1S/C31H47NO2/c1-30-15-12-26-24(25(30)10-11-29(30)34)9-8-23-19-28(33)27(20-31(23,26)2)32-16-13-22(14-17-32)18-21-6-4-3-5-7-21/h3-7,22-29,33-34H,8-20H2,1-2H3/t23-,24-,25-,26-,27-,28-,29-,30-,31-/m0/s1. The summed E-state index contributed by atoms with van der Waals surface area (Å²) in [5.41, 5.74) is 2.00. The minimum atomic E-state index is -0.151. The Bertz CT molecular complexity index is 850. The number of benzene rings is 1. The molecule has 1 saturated heterocycles. The Morgan fingerprint density at radius 3 is 2.35 bits per heavy atom. The Kier molecular flexibility index (Phi) is 6.14. The molecule has 0 amide bonds. The van der Waals surface area contributed by atoms with Gasteiger partial charge in [-0.1, -0.05) is 44.2 Å². The summed E-state index contributed by atoms with van der Waals surface area (Å²) >= 11 is 0. The van der Waals surface area contributed by atoms with Crippen LogP contribution in [-0.2, 0) is 6.42 Å². The average Bonchev–Trinajstić information content (AvgIpc) is 3.15. The Labute approximate surface area is 207 Å². The first-order chi connectivity index (χ1) is 16.4. The molecule has 1 aromatic carbocycles. The van der Waals surface area contributed by atoms with Crippen LogP contribution in [0, 0.1) is 40.4 Å². The van der Waals surface area contributed by atoms with Gasteiger partial charge in [-0.05, 0) is 130 Å². The molecule has 4 saturated carbocycles. The maximum atomic E-state index is 11.3. The zero-order valence-corrected chi connectivity index (χ0v) is 21.5. The van der Waals surface area contributed by atoms with Crippen LogP contribution in [0.25, 0.3) is 0 Å². The second kappa shape index (κ2) is 8.89. The van der Waals surface area contributed by atoms with E-state index in [-0.39, 0.29) is 17.6 Å². The summed E-state index contributed by atoms with van der Waals surface area (Å²) in [5.74, 6) is 3.78. The van der Waals surface area contributed by atoms with Crippen LogP contribution < -0.4 is 0 Å². The van der Waals surface area contributed by atoms with Crippen LogP contribution in [0.5, 0.6) is 0 Å². The number of hydrogen-bond acceptors (Lipinski definition) is 3. The number of likely N-dealkylation sites (tertiary alicyclic amines) is 1. The molecule has 0 bridgehead atoms.